The lowest BCUT2D eigenvalue weighted by atomic mass is 9.96. The van der Waals surface area contributed by atoms with E-state index in [1.54, 1.807) is 11.8 Å². The van der Waals surface area contributed by atoms with Crippen LogP contribution in [0.15, 0.2) is 8.94 Å². The van der Waals surface area contributed by atoms with E-state index in [0.29, 0.717) is 30.6 Å². The van der Waals surface area contributed by atoms with Gasteiger partial charge in [-0.2, -0.15) is 0 Å². The van der Waals surface area contributed by atoms with Gasteiger partial charge in [0.05, 0.1) is 12.6 Å². The molecule has 1 aliphatic heterocycles. The topological polar surface area (TPSA) is 94.5 Å². The lowest BCUT2D eigenvalue weighted by Crippen LogP contribution is -2.46. The molecule has 0 bridgehead atoms. The summed E-state index contributed by atoms with van der Waals surface area (Å²) in [7, 11) is 0. The van der Waals surface area contributed by atoms with Gasteiger partial charge in [-0.1, -0.05) is 5.16 Å². The average molecular weight is 332 g/mol. The smallest absolute Gasteiger partial charge is 0.276 e. The van der Waals surface area contributed by atoms with E-state index in [9.17, 15) is 4.79 Å². The molecular formula is C16H20N4O4. The first kappa shape index (κ1) is 15.3. The molecule has 1 aliphatic carbocycles. The van der Waals surface area contributed by atoms with Crippen LogP contribution in [-0.2, 0) is 17.6 Å². The van der Waals surface area contributed by atoms with Gasteiger partial charge < -0.3 is 18.6 Å². The van der Waals surface area contributed by atoms with Gasteiger partial charge in [-0.15, -0.1) is 10.2 Å². The number of rotatable bonds is 2. The van der Waals surface area contributed by atoms with Gasteiger partial charge >= 0.3 is 0 Å². The summed E-state index contributed by atoms with van der Waals surface area (Å²) in [5.74, 6) is 1.63. The molecule has 0 aromatic carbocycles. The molecule has 2 aliphatic rings. The fourth-order valence-corrected chi connectivity index (χ4v) is 3.40. The van der Waals surface area contributed by atoms with Gasteiger partial charge in [-0.05, 0) is 26.2 Å². The van der Waals surface area contributed by atoms with E-state index in [2.05, 4.69) is 15.4 Å². The third-order valence-electron chi connectivity index (χ3n) is 4.52. The number of fused-ring (bicyclic) bond motifs is 1. The molecule has 0 saturated carbocycles. The number of aryl methyl sites for hydroxylation is 2. The van der Waals surface area contributed by atoms with Crippen molar-refractivity contribution in [3.05, 3.63) is 28.8 Å². The van der Waals surface area contributed by atoms with Crippen LogP contribution in [0, 0.1) is 6.92 Å². The van der Waals surface area contributed by atoms with Crippen LogP contribution in [0.5, 0.6) is 0 Å². The molecule has 0 N–H and O–H groups in total. The van der Waals surface area contributed by atoms with Crippen molar-refractivity contribution in [1.82, 2.24) is 20.3 Å². The highest BCUT2D eigenvalue weighted by atomic mass is 16.5. The Bertz CT molecular complexity index is 753. The van der Waals surface area contributed by atoms with Gasteiger partial charge in [-0.3, -0.25) is 4.79 Å². The first-order valence-electron chi connectivity index (χ1n) is 8.34. The SMILES string of the molecule is Cc1nnc([C@H]2CN(C(=O)c3noc4c3CCCC4)C[C@@H](C)O2)o1. The Morgan fingerprint density at radius 1 is 1.21 bits per heavy atom. The van der Waals surface area contributed by atoms with Gasteiger partial charge in [0, 0.05) is 25.5 Å². The van der Waals surface area contributed by atoms with E-state index in [1.807, 2.05) is 6.92 Å². The maximum Gasteiger partial charge on any atom is 0.276 e. The first-order valence-corrected chi connectivity index (χ1v) is 8.34. The molecule has 0 unspecified atom stereocenters. The van der Waals surface area contributed by atoms with Crippen LogP contribution in [0.1, 0.15) is 59.5 Å². The third-order valence-corrected chi connectivity index (χ3v) is 4.52. The highest BCUT2D eigenvalue weighted by molar-refractivity contribution is 5.94. The lowest BCUT2D eigenvalue weighted by molar-refractivity contribution is -0.0798. The van der Waals surface area contributed by atoms with Crippen molar-refractivity contribution in [3.63, 3.8) is 0 Å². The van der Waals surface area contributed by atoms with Crippen molar-refractivity contribution in [2.24, 2.45) is 0 Å². The Morgan fingerprint density at radius 2 is 2.04 bits per heavy atom. The molecule has 1 saturated heterocycles. The summed E-state index contributed by atoms with van der Waals surface area (Å²) >= 11 is 0. The Labute approximate surface area is 139 Å². The normalized spacial score (nSPS) is 24.0. The van der Waals surface area contributed by atoms with Gasteiger partial charge in [0.2, 0.25) is 11.8 Å². The molecule has 2 aromatic rings. The van der Waals surface area contributed by atoms with Crippen molar-refractivity contribution in [2.45, 2.75) is 51.7 Å². The second-order valence-corrected chi connectivity index (χ2v) is 6.44. The van der Waals surface area contributed by atoms with E-state index in [4.69, 9.17) is 13.7 Å². The minimum absolute atomic E-state index is 0.113. The summed E-state index contributed by atoms with van der Waals surface area (Å²) < 4.78 is 16.7. The lowest BCUT2D eigenvalue weighted by Gasteiger charge is -2.35. The van der Waals surface area contributed by atoms with Crippen molar-refractivity contribution >= 4 is 5.91 Å². The van der Waals surface area contributed by atoms with Gasteiger partial charge in [0.25, 0.3) is 5.91 Å². The Balaban J connectivity index is 1.56. The molecule has 4 rings (SSSR count). The largest absolute Gasteiger partial charge is 0.423 e. The quantitative estimate of drug-likeness (QED) is 0.828. The zero-order valence-corrected chi connectivity index (χ0v) is 13.8. The van der Waals surface area contributed by atoms with Crippen LogP contribution in [0.2, 0.25) is 0 Å². The predicted octanol–water partition coefficient (Wildman–Crippen LogP) is 1.85. The minimum atomic E-state index is -0.415. The molecule has 3 heterocycles. The third kappa shape index (κ3) is 2.71. The molecule has 2 aromatic heterocycles. The van der Waals surface area contributed by atoms with Crippen LogP contribution in [0.25, 0.3) is 0 Å². The number of carbonyl (C=O) groups excluding carboxylic acids is 1. The number of hydrogen-bond acceptors (Lipinski definition) is 7. The summed E-state index contributed by atoms with van der Waals surface area (Å²) in [4.78, 5) is 14.7. The number of aromatic nitrogens is 3. The van der Waals surface area contributed by atoms with Gasteiger partial charge in [0.15, 0.2) is 11.8 Å². The average Bonchev–Trinajstić information content (AvgIpc) is 3.20. The van der Waals surface area contributed by atoms with Gasteiger partial charge in [-0.25, -0.2) is 0 Å². The molecular weight excluding hydrogens is 312 g/mol. The van der Waals surface area contributed by atoms with E-state index in [-0.39, 0.29) is 12.0 Å². The second kappa shape index (κ2) is 6.01. The highest BCUT2D eigenvalue weighted by Crippen LogP contribution is 2.28. The molecule has 24 heavy (non-hydrogen) atoms. The zero-order valence-electron chi connectivity index (χ0n) is 13.8. The summed E-state index contributed by atoms with van der Waals surface area (Å²) in [5.41, 5.74) is 1.41. The van der Waals surface area contributed by atoms with Gasteiger partial charge in [0.1, 0.15) is 5.76 Å². The number of morpholine rings is 1. The summed E-state index contributed by atoms with van der Waals surface area (Å²) in [6.45, 7) is 4.53. The number of ether oxygens (including phenoxy) is 1. The highest BCUT2D eigenvalue weighted by Gasteiger charge is 2.35. The summed E-state index contributed by atoms with van der Waals surface area (Å²) in [6, 6.07) is 0. The molecule has 1 fully saturated rings. The number of hydrogen-bond donors (Lipinski definition) is 0. The Hall–Kier alpha value is -2.22. The zero-order chi connectivity index (χ0) is 16.7. The monoisotopic (exact) mass is 332 g/mol. The molecule has 128 valence electrons. The van der Waals surface area contributed by atoms with E-state index in [0.717, 1.165) is 37.0 Å². The molecule has 8 nitrogen and oxygen atoms in total. The number of carbonyl (C=O) groups is 1. The van der Waals surface area contributed by atoms with Crippen molar-refractivity contribution < 1.29 is 18.5 Å². The molecule has 2 atom stereocenters. The first-order chi connectivity index (χ1) is 11.6. The maximum absolute atomic E-state index is 12.9. The van der Waals surface area contributed by atoms with Crippen LogP contribution >= 0.6 is 0 Å². The Kier molecular flexibility index (Phi) is 3.84. The van der Waals surface area contributed by atoms with E-state index < -0.39 is 6.10 Å². The standard InChI is InChI=1S/C16H20N4O4/c1-9-7-20(8-13(22-9)15-18-17-10(2)23-15)16(21)14-11-5-3-4-6-12(11)24-19-14/h9,13H,3-8H2,1-2H3/t9-,13-/m1/s1. The molecule has 1 amide bonds. The van der Waals surface area contributed by atoms with Crippen LogP contribution < -0.4 is 0 Å². The molecule has 0 spiro atoms. The second-order valence-electron chi connectivity index (χ2n) is 6.44. The van der Waals surface area contributed by atoms with Crippen molar-refractivity contribution in [2.75, 3.05) is 13.1 Å². The van der Waals surface area contributed by atoms with Crippen molar-refractivity contribution in [1.29, 1.82) is 0 Å². The fourth-order valence-electron chi connectivity index (χ4n) is 3.40. The molecule has 8 heteroatoms. The summed E-state index contributed by atoms with van der Waals surface area (Å²) in [6.07, 6.45) is 3.33. The minimum Gasteiger partial charge on any atom is -0.423 e. The number of amides is 1. The number of nitrogens with zero attached hydrogens (tertiary/aromatic N) is 4. The van der Waals surface area contributed by atoms with E-state index in [1.165, 1.54) is 0 Å². The fraction of sp³-hybridized carbons (Fsp3) is 0.625. The predicted molar refractivity (Wildman–Crippen MR) is 81.4 cm³/mol. The van der Waals surface area contributed by atoms with Crippen LogP contribution in [-0.4, -0.2) is 45.4 Å². The summed E-state index contributed by atoms with van der Waals surface area (Å²) in [5, 5.41) is 11.9. The van der Waals surface area contributed by atoms with Crippen molar-refractivity contribution in [3.8, 4) is 0 Å². The molecule has 0 radical (unpaired) electrons. The Morgan fingerprint density at radius 3 is 2.83 bits per heavy atom. The maximum atomic E-state index is 12.9. The van der Waals surface area contributed by atoms with E-state index >= 15 is 0 Å². The van der Waals surface area contributed by atoms with Crippen LogP contribution in [0.3, 0.4) is 0 Å². The van der Waals surface area contributed by atoms with Crippen LogP contribution in [0.4, 0.5) is 0 Å².